The van der Waals surface area contributed by atoms with E-state index in [-0.39, 0.29) is 17.9 Å². The number of hydrogen-bond donors (Lipinski definition) is 1. The van der Waals surface area contributed by atoms with Gasteiger partial charge >= 0.3 is 5.97 Å². The Hall–Kier alpha value is -2.04. The molecule has 0 aromatic heterocycles. The highest BCUT2D eigenvalue weighted by molar-refractivity contribution is 5.91. The first-order chi connectivity index (χ1) is 7.54. The maximum absolute atomic E-state index is 10.9. The van der Waals surface area contributed by atoms with Crippen LogP contribution >= 0.6 is 0 Å². The zero-order chi connectivity index (χ0) is 12.1. The summed E-state index contributed by atoms with van der Waals surface area (Å²) in [4.78, 5) is 14.3. The van der Waals surface area contributed by atoms with Crippen molar-refractivity contribution >= 4 is 11.9 Å². The van der Waals surface area contributed by atoms with Crippen LogP contribution < -0.4 is 9.84 Å². The number of aryl methyl sites for hydroxylation is 1. The van der Waals surface area contributed by atoms with Gasteiger partial charge in [0.05, 0.1) is 0 Å². The largest absolute Gasteiger partial charge is 0.860 e. The summed E-state index contributed by atoms with van der Waals surface area (Å²) in [5.74, 6) is -1.34. The van der Waals surface area contributed by atoms with Crippen molar-refractivity contribution in [2.24, 2.45) is 4.99 Å². The zero-order valence-electron chi connectivity index (χ0n) is 9.06. The molecule has 86 valence electrons. The predicted octanol–water partition coefficient (Wildman–Crippen LogP) is 0.461. The first-order valence-electron chi connectivity index (χ1n) is 4.64. The smallest absolute Gasteiger partial charge is 0.339 e. The van der Waals surface area contributed by atoms with E-state index in [9.17, 15) is 9.90 Å². The topological polar surface area (TPSA) is 82.0 Å². The van der Waals surface area contributed by atoms with Crippen LogP contribution in [0.2, 0.25) is 0 Å². The van der Waals surface area contributed by atoms with Crippen LogP contribution in [-0.4, -0.2) is 30.6 Å². The molecule has 16 heavy (non-hydrogen) atoms. The van der Waals surface area contributed by atoms with E-state index in [4.69, 9.17) is 9.84 Å². The monoisotopic (exact) mass is 222 g/mol. The van der Waals surface area contributed by atoms with Gasteiger partial charge in [-0.15, -0.1) is 0 Å². The summed E-state index contributed by atoms with van der Waals surface area (Å²) in [6.45, 7) is 1.53. The molecule has 0 bridgehead atoms. The zero-order valence-corrected chi connectivity index (χ0v) is 9.06. The molecule has 0 unspecified atom stereocenters. The Morgan fingerprint density at radius 2 is 2.25 bits per heavy atom. The van der Waals surface area contributed by atoms with E-state index >= 15 is 0 Å². The molecule has 5 nitrogen and oxygen atoms in total. The summed E-state index contributed by atoms with van der Waals surface area (Å²) < 4.78 is 5.08. The Morgan fingerprint density at radius 3 is 2.81 bits per heavy atom. The first-order valence-corrected chi connectivity index (χ1v) is 4.64. The van der Waals surface area contributed by atoms with E-state index in [1.807, 2.05) is 0 Å². The molecule has 1 aromatic rings. The summed E-state index contributed by atoms with van der Waals surface area (Å²) in [5.41, 5.74) is 0.861. The fourth-order valence-corrected chi connectivity index (χ4v) is 1.14. The minimum atomic E-state index is -1.08. The summed E-state index contributed by atoms with van der Waals surface area (Å²) in [5, 5.41) is 19.8. The van der Waals surface area contributed by atoms with Gasteiger partial charge < -0.3 is 19.9 Å². The number of carboxylic acid groups (broad SMARTS) is 1. The van der Waals surface area contributed by atoms with Crippen LogP contribution in [0.5, 0.6) is 5.75 Å². The van der Waals surface area contributed by atoms with Crippen molar-refractivity contribution < 1.29 is 19.7 Å². The van der Waals surface area contributed by atoms with Gasteiger partial charge in [0.25, 0.3) is 0 Å². The minimum Gasteiger partial charge on any atom is -0.860 e. The molecule has 0 heterocycles. The van der Waals surface area contributed by atoms with Crippen molar-refractivity contribution in [2.75, 3.05) is 13.7 Å². The van der Waals surface area contributed by atoms with Crippen molar-refractivity contribution in [1.29, 1.82) is 0 Å². The number of benzene rings is 1. The maximum atomic E-state index is 10.9. The van der Waals surface area contributed by atoms with Crippen molar-refractivity contribution in [3.63, 3.8) is 0 Å². The number of hydrogen-bond acceptors (Lipinski definition) is 4. The number of aliphatic imine (C=N–C) groups is 1. The molecule has 1 N–H and O–H groups in total. The van der Waals surface area contributed by atoms with Gasteiger partial charge in [0.1, 0.15) is 17.9 Å². The Bertz CT molecular complexity index is 426. The molecule has 0 amide bonds. The average Bonchev–Trinajstić information content (AvgIpc) is 2.26. The molecule has 0 aliphatic heterocycles. The van der Waals surface area contributed by atoms with Gasteiger partial charge in [0.2, 0.25) is 0 Å². The average molecular weight is 222 g/mol. The van der Waals surface area contributed by atoms with Gasteiger partial charge in [0.15, 0.2) is 0 Å². The molecule has 0 saturated carbocycles. The lowest BCUT2D eigenvalue weighted by Crippen LogP contribution is -2.25. The second-order valence-corrected chi connectivity index (χ2v) is 3.21. The van der Waals surface area contributed by atoms with Gasteiger partial charge in [-0.05, 0) is 25.0 Å². The number of nitrogens with zero attached hydrogens (tertiary/aromatic N) is 1. The van der Waals surface area contributed by atoms with E-state index in [0.717, 1.165) is 5.56 Å². The molecule has 0 aliphatic rings. The normalized spacial score (nSPS) is 11.2. The van der Waals surface area contributed by atoms with E-state index in [1.165, 1.54) is 19.2 Å². The highest BCUT2D eigenvalue weighted by Gasteiger charge is 2.10. The fraction of sp³-hybridized carbons (Fsp3) is 0.273. The molecule has 0 aliphatic carbocycles. The van der Waals surface area contributed by atoms with Gasteiger partial charge in [-0.1, -0.05) is 11.6 Å². The number of aromatic carboxylic acids is 1. The Morgan fingerprint density at radius 1 is 1.56 bits per heavy atom. The van der Waals surface area contributed by atoms with E-state index in [2.05, 4.69) is 4.99 Å². The standard InChI is InChI=1S/C11H13NO4/c1-7-3-4-9(8(5-7)11(14)15)16-6-10(13)12-2/h3-5H,6H2,1-2H3,(H,12,13)(H,14,15)/p-1. The third-order valence-corrected chi connectivity index (χ3v) is 1.97. The Labute approximate surface area is 93.0 Å². The molecule has 1 aromatic carbocycles. The fourth-order valence-electron chi connectivity index (χ4n) is 1.14. The third-order valence-electron chi connectivity index (χ3n) is 1.97. The number of rotatable bonds is 4. The van der Waals surface area contributed by atoms with Crippen LogP contribution in [0.15, 0.2) is 23.2 Å². The van der Waals surface area contributed by atoms with Crippen molar-refractivity contribution in [1.82, 2.24) is 0 Å². The lowest BCUT2D eigenvalue weighted by Gasteiger charge is -2.13. The summed E-state index contributed by atoms with van der Waals surface area (Å²) in [7, 11) is 1.36. The quantitative estimate of drug-likeness (QED) is 0.592. The van der Waals surface area contributed by atoms with Crippen LogP contribution in [0.3, 0.4) is 0 Å². The third kappa shape index (κ3) is 2.98. The van der Waals surface area contributed by atoms with E-state index < -0.39 is 11.9 Å². The molecular formula is C11H12NO4-. The molecule has 0 spiro atoms. The Kier molecular flexibility index (Phi) is 3.88. The summed E-state index contributed by atoms with van der Waals surface area (Å²) in [6.07, 6.45) is 0. The van der Waals surface area contributed by atoms with Crippen LogP contribution in [0.4, 0.5) is 0 Å². The van der Waals surface area contributed by atoms with Crippen LogP contribution in [0, 0.1) is 6.92 Å². The number of ether oxygens (including phenoxy) is 1. The molecule has 5 heteroatoms. The van der Waals surface area contributed by atoms with Crippen LogP contribution in [-0.2, 0) is 0 Å². The van der Waals surface area contributed by atoms with E-state index in [1.54, 1.807) is 13.0 Å². The second kappa shape index (κ2) is 5.16. The minimum absolute atomic E-state index is 0.0453. The van der Waals surface area contributed by atoms with Gasteiger partial charge in [0, 0.05) is 7.05 Å². The molecule has 0 fully saturated rings. The van der Waals surface area contributed by atoms with Gasteiger partial charge in [-0.25, -0.2) is 4.79 Å². The maximum Gasteiger partial charge on any atom is 0.339 e. The van der Waals surface area contributed by atoms with Crippen LogP contribution in [0.25, 0.3) is 0 Å². The molecule has 0 saturated heterocycles. The lowest BCUT2D eigenvalue weighted by molar-refractivity contribution is -0.220. The van der Waals surface area contributed by atoms with Crippen LogP contribution in [0.1, 0.15) is 15.9 Å². The van der Waals surface area contributed by atoms with E-state index in [0.29, 0.717) is 0 Å². The predicted molar refractivity (Wildman–Crippen MR) is 57.0 cm³/mol. The summed E-state index contributed by atoms with van der Waals surface area (Å²) >= 11 is 0. The second-order valence-electron chi connectivity index (χ2n) is 3.21. The van der Waals surface area contributed by atoms with Gasteiger partial charge in [-0.2, -0.15) is 0 Å². The number of carboxylic acids is 1. The SMILES string of the molecule is CN=C([O-])COc1ccc(C)cc1C(=O)O. The van der Waals surface area contributed by atoms with Gasteiger partial charge in [-0.3, -0.25) is 0 Å². The molecule has 0 atom stereocenters. The lowest BCUT2D eigenvalue weighted by atomic mass is 10.1. The molecule has 1 rings (SSSR count). The Balaban J connectivity index is 2.91. The molecule has 0 radical (unpaired) electrons. The van der Waals surface area contributed by atoms with Crippen molar-refractivity contribution in [3.8, 4) is 5.75 Å². The first kappa shape index (κ1) is 12.0. The molecular weight excluding hydrogens is 210 g/mol. The highest BCUT2D eigenvalue weighted by Crippen LogP contribution is 2.19. The highest BCUT2D eigenvalue weighted by atomic mass is 16.5. The summed E-state index contributed by atoms with van der Waals surface area (Å²) in [6, 6.07) is 4.74. The van der Waals surface area contributed by atoms with Crippen molar-refractivity contribution in [3.05, 3.63) is 29.3 Å². The number of carbonyl (C=O) groups is 1. The van der Waals surface area contributed by atoms with Crippen molar-refractivity contribution in [2.45, 2.75) is 6.92 Å².